The van der Waals surface area contributed by atoms with Crippen LogP contribution in [-0.2, 0) is 84.8 Å². The van der Waals surface area contributed by atoms with Crippen molar-refractivity contribution in [1.29, 1.82) is 0 Å². The molecule has 12 atom stereocenters. The molecule has 6 heterocycles. The molecule has 0 saturated carbocycles. The summed E-state index contributed by atoms with van der Waals surface area (Å²) in [5.74, 6) is -10.6. The molecule has 11 amide bonds. The molecule has 6 aromatic rings. The molecule has 104 heavy (non-hydrogen) atoms. The number of nitrogens with zero attached hydrogens (tertiary/aromatic N) is 2. The molecular formula is C74H91F3N14O13. The van der Waals surface area contributed by atoms with Crippen LogP contribution in [0, 0.1) is 11.6 Å². The van der Waals surface area contributed by atoms with E-state index in [0.717, 1.165) is 10.5 Å². The van der Waals surface area contributed by atoms with Gasteiger partial charge < -0.3 is 83.6 Å². The van der Waals surface area contributed by atoms with Gasteiger partial charge in [0.05, 0.1) is 19.8 Å². The molecule has 0 radical (unpaired) electrons. The van der Waals surface area contributed by atoms with E-state index in [-0.39, 0.29) is 62.6 Å². The number of methoxy groups -OCH3 is 1. The van der Waals surface area contributed by atoms with Gasteiger partial charge in [-0.1, -0.05) is 48.6 Å². The second kappa shape index (κ2) is 35.0. The van der Waals surface area contributed by atoms with Crippen LogP contribution in [0.2, 0.25) is 0 Å². The number of hydrogen-bond donors (Lipinski definition) is 13. The van der Waals surface area contributed by atoms with Crippen molar-refractivity contribution < 1.29 is 75.8 Å². The van der Waals surface area contributed by atoms with Gasteiger partial charge in [-0.15, -0.1) is 0 Å². The van der Waals surface area contributed by atoms with Crippen molar-refractivity contribution in [1.82, 2.24) is 62.3 Å². The summed E-state index contributed by atoms with van der Waals surface area (Å²) in [7, 11) is 1.46. The standard InChI is InChI=1S/C74H91F3N14O13/c1-40-65(95)85-59(32-46-37-80-54-25-21-48(75)34-52(46)54)68(98)86-61(33-47-38-81-55-26-22-49(76)35-53(47)55)71(101)90-39-50(77)36-62(90)69(99)89-63(41(2)92)70(100)87-60(31-45-19-23-51(104-5)24-20-45)72(102)91-29-11-27-74(91,4)73(103)88-58(64(79)94)30-44-17-15-43(16-18-44)12-7-6-8-13-56(83-42(3)93)67(97)84-57(66(96)82-40)14-9-10-28-78/h6-7,15-26,34-35,37-38,40-41,50,56-63,80-81,92H,8-14,27-33,36,39,78H2,1-5H3,(H2,79,94)(H,82,96)(H,83,93)(H,84,97)(H,85,95)(H,86,98)(H,87,100)(H,88,103)(H,89,99)/t40-,41-,50+,56+,57+,58+,59+,60+,61+,62+,63+,74+/m1/s1. The number of aromatic amines is 2. The van der Waals surface area contributed by atoms with E-state index in [2.05, 4.69) is 52.5 Å². The van der Waals surface area contributed by atoms with Crippen molar-refractivity contribution in [2.75, 3.05) is 26.7 Å². The molecule has 4 aliphatic heterocycles. The Kier molecular flexibility index (Phi) is 26.1. The van der Waals surface area contributed by atoms with Gasteiger partial charge in [-0.2, -0.15) is 0 Å². The van der Waals surface area contributed by atoms with E-state index in [1.165, 1.54) is 88.5 Å². The number of aliphatic hydroxyl groups is 1. The topological polar surface area (TPSA) is 404 Å². The first-order valence-electron chi connectivity index (χ1n) is 34.8. The minimum atomic E-state index is -1.90. The van der Waals surface area contributed by atoms with Crippen LogP contribution in [0.25, 0.3) is 21.8 Å². The summed E-state index contributed by atoms with van der Waals surface area (Å²) in [5.41, 5.74) is 13.5. The van der Waals surface area contributed by atoms with Gasteiger partial charge in [0.15, 0.2) is 0 Å². The number of rotatable bonds is 14. The number of amides is 11. The number of nitrogens with one attached hydrogen (secondary N) is 10. The van der Waals surface area contributed by atoms with Gasteiger partial charge in [0.1, 0.15) is 83.5 Å². The van der Waals surface area contributed by atoms with Crippen LogP contribution in [0.3, 0.4) is 0 Å². The zero-order valence-corrected chi connectivity index (χ0v) is 58.6. The molecule has 2 fully saturated rings. The first-order chi connectivity index (χ1) is 49.6. The van der Waals surface area contributed by atoms with Gasteiger partial charge in [-0.05, 0) is 155 Å². The summed E-state index contributed by atoms with van der Waals surface area (Å²) in [6.45, 7) is 4.74. The van der Waals surface area contributed by atoms with Crippen molar-refractivity contribution in [3.05, 3.63) is 149 Å². The summed E-state index contributed by atoms with van der Waals surface area (Å²) in [5, 5.41) is 33.2. The number of carbonyl (C=O) groups is 11. The van der Waals surface area contributed by atoms with Gasteiger partial charge in [-0.3, -0.25) is 52.7 Å². The number of aromatic nitrogens is 2. The lowest BCUT2D eigenvalue weighted by molar-refractivity contribution is -0.147. The highest BCUT2D eigenvalue weighted by molar-refractivity contribution is 6.01. The number of hydrogen-bond acceptors (Lipinski definition) is 14. The molecule has 4 aliphatic rings. The fourth-order valence-electron chi connectivity index (χ4n) is 13.5. The number of unbranched alkanes of at least 4 members (excludes halogenated alkanes) is 1. The molecular weight excluding hydrogens is 1350 g/mol. The third-order valence-electron chi connectivity index (χ3n) is 19.3. The molecule has 2 saturated heterocycles. The van der Waals surface area contributed by atoms with Crippen LogP contribution in [0.5, 0.6) is 5.75 Å². The lowest BCUT2D eigenvalue weighted by atomic mass is 9.94. The summed E-state index contributed by atoms with van der Waals surface area (Å²) >= 11 is 0. The predicted molar refractivity (Wildman–Crippen MR) is 378 cm³/mol. The smallest absolute Gasteiger partial charge is 0.246 e. The maximum absolute atomic E-state index is 16.2. The number of alkyl halides is 1. The van der Waals surface area contributed by atoms with Crippen LogP contribution in [0.4, 0.5) is 13.2 Å². The summed E-state index contributed by atoms with van der Waals surface area (Å²) in [4.78, 5) is 167. The maximum atomic E-state index is 16.2. The Morgan fingerprint density at radius 2 is 1.30 bits per heavy atom. The van der Waals surface area contributed by atoms with E-state index in [9.17, 15) is 47.9 Å². The molecule has 2 bridgehead atoms. The highest BCUT2D eigenvalue weighted by Gasteiger charge is 2.50. The normalized spacial score (nSPS) is 25.3. The van der Waals surface area contributed by atoms with Gasteiger partial charge in [0.2, 0.25) is 65.0 Å². The molecule has 0 spiro atoms. The zero-order valence-electron chi connectivity index (χ0n) is 58.6. The second-order valence-corrected chi connectivity index (χ2v) is 27.1. The molecule has 0 aliphatic carbocycles. The lowest BCUT2D eigenvalue weighted by Crippen LogP contribution is -2.64. The lowest BCUT2D eigenvalue weighted by Gasteiger charge is -2.37. The van der Waals surface area contributed by atoms with E-state index in [0.29, 0.717) is 64.5 Å². The van der Waals surface area contributed by atoms with Gasteiger partial charge in [-0.25, -0.2) is 13.2 Å². The molecule has 27 nitrogen and oxygen atoms in total. The van der Waals surface area contributed by atoms with Gasteiger partial charge >= 0.3 is 0 Å². The number of ether oxygens (including phenoxy) is 1. The van der Waals surface area contributed by atoms with Crippen LogP contribution in [0.1, 0.15) is 107 Å². The van der Waals surface area contributed by atoms with E-state index >= 15 is 23.2 Å². The Hall–Kier alpha value is -10.6. The number of primary amides is 1. The minimum Gasteiger partial charge on any atom is -0.497 e. The third kappa shape index (κ3) is 19.6. The van der Waals surface area contributed by atoms with E-state index in [4.69, 9.17) is 16.2 Å². The Balaban J connectivity index is 1.07. The van der Waals surface area contributed by atoms with Crippen LogP contribution in [0.15, 0.2) is 109 Å². The van der Waals surface area contributed by atoms with E-state index in [1.807, 2.05) is 24.3 Å². The Morgan fingerprint density at radius 3 is 1.91 bits per heavy atom. The fourth-order valence-corrected chi connectivity index (χ4v) is 13.5. The molecule has 15 N–H and O–H groups in total. The molecule has 556 valence electrons. The summed E-state index contributed by atoms with van der Waals surface area (Å²) < 4.78 is 51.5. The van der Waals surface area contributed by atoms with E-state index in [1.54, 1.807) is 36.4 Å². The molecule has 4 aromatic carbocycles. The maximum Gasteiger partial charge on any atom is 0.246 e. The minimum absolute atomic E-state index is 0.0150. The Morgan fingerprint density at radius 1 is 0.702 bits per heavy atom. The highest BCUT2D eigenvalue weighted by Crippen LogP contribution is 2.32. The third-order valence-corrected chi connectivity index (χ3v) is 19.3. The number of halogens is 3. The number of allylic oxidation sites excluding steroid dienone is 2. The first kappa shape index (κ1) is 77.5. The Labute approximate surface area is 598 Å². The predicted octanol–water partition coefficient (Wildman–Crippen LogP) is 2.33. The Bertz CT molecular complexity index is 4170. The number of aliphatic hydroxyl groups excluding tert-OH is 1. The van der Waals surface area contributed by atoms with Crippen molar-refractivity contribution in [2.24, 2.45) is 11.5 Å². The van der Waals surface area contributed by atoms with Crippen molar-refractivity contribution >= 4 is 86.8 Å². The van der Waals surface area contributed by atoms with Gasteiger partial charge in [0.25, 0.3) is 0 Å². The average Bonchev–Trinajstić information content (AvgIpc) is 1.58. The summed E-state index contributed by atoms with van der Waals surface area (Å²) in [6.07, 6.45) is 3.25. The molecule has 2 aromatic heterocycles. The van der Waals surface area contributed by atoms with E-state index < -0.39 is 175 Å². The number of nitrogens with two attached hydrogens (primary N) is 2. The van der Waals surface area contributed by atoms with Crippen LogP contribution < -0.4 is 58.7 Å². The SMILES string of the molecule is COc1ccc(C[C@@H]2NC(=O)[C@H]([C@@H](C)O)NC(=O)[C@@H]3C[C@H](F)CN3C(=O)[C@H](Cc3c[nH]c4ccc(F)cc34)NC(=O)[C@H](Cc3c[nH]c4ccc(F)cc34)NC(=O)[C@@H](C)NC(=O)[C@H](CCCCN)NC(=O)[C@@H](NC(C)=O)CCC=CCc3ccc(cc3)C[C@@H](C(N)=O)NC(=O)[C@]3(C)CCCN3C2=O)cc1. The highest BCUT2D eigenvalue weighted by atomic mass is 19.1. The average molecular weight is 1440 g/mol. The number of benzene rings is 4. The van der Waals surface area contributed by atoms with Crippen molar-refractivity contribution in [3.63, 3.8) is 0 Å². The second-order valence-electron chi connectivity index (χ2n) is 27.1. The number of fused-ring (bicyclic) bond motifs is 30. The number of carbonyl (C=O) groups excluding carboxylic acids is 11. The number of H-pyrrole nitrogens is 2. The first-order valence-corrected chi connectivity index (χ1v) is 34.8. The molecule has 30 heteroatoms. The molecule has 10 rings (SSSR count). The monoisotopic (exact) mass is 1440 g/mol. The summed E-state index contributed by atoms with van der Waals surface area (Å²) in [6, 6.07) is 7.59. The van der Waals surface area contributed by atoms with Crippen LogP contribution in [-0.4, -0.2) is 189 Å². The fraction of sp³-hybridized carbons (Fsp3) is 0.446. The van der Waals surface area contributed by atoms with Crippen LogP contribution >= 0.6 is 0 Å². The van der Waals surface area contributed by atoms with Crippen molar-refractivity contribution in [3.8, 4) is 5.75 Å². The van der Waals surface area contributed by atoms with Gasteiger partial charge in [0, 0.05) is 79.8 Å². The molecule has 0 unspecified atom stereocenters. The quantitative estimate of drug-likeness (QED) is 0.0423. The zero-order chi connectivity index (χ0) is 75.1. The van der Waals surface area contributed by atoms with Crippen molar-refractivity contribution in [2.45, 2.75) is 183 Å². The largest absolute Gasteiger partial charge is 0.497 e.